The van der Waals surface area contributed by atoms with Crippen molar-refractivity contribution in [2.45, 2.75) is 44.7 Å². The largest absolute Gasteiger partial charge is 0.308 e. The zero-order chi connectivity index (χ0) is 13.9. The monoisotopic (exact) mass is 291 g/mol. The summed E-state index contributed by atoms with van der Waals surface area (Å²) in [6.07, 6.45) is 6.65. The fraction of sp³-hybridized carbons (Fsp3) is 0.571. The SMILES string of the molecule is CN(Cc1nc(NN)c2ccsc2n1)C1CCCCC1. The number of nitrogens with one attached hydrogen (secondary N) is 1. The Morgan fingerprint density at radius 3 is 2.90 bits per heavy atom. The Bertz CT molecular complexity index is 576. The van der Waals surface area contributed by atoms with Gasteiger partial charge in [0.25, 0.3) is 0 Å². The van der Waals surface area contributed by atoms with Crippen molar-refractivity contribution in [1.82, 2.24) is 14.9 Å². The summed E-state index contributed by atoms with van der Waals surface area (Å²) in [4.78, 5) is 12.6. The van der Waals surface area contributed by atoms with E-state index in [2.05, 4.69) is 27.3 Å². The number of aromatic nitrogens is 2. The van der Waals surface area contributed by atoms with E-state index in [-0.39, 0.29) is 0 Å². The lowest BCUT2D eigenvalue weighted by molar-refractivity contribution is 0.181. The van der Waals surface area contributed by atoms with Crippen LogP contribution in [0.15, 0.2) is 11.4 Å². The van der Waals surface area contributed by atoms with Crippen molar-refractivity contribution >= 4 is 27.4 Å². The van der Waals surface area contributed by atoms with Gasteiger partial charge < -0.3 is 5.43 Å². The molecule has 6 heteroatoms. The predicted molar refractivity (Wildman–Crippen MR) is 83.6 cm³/mol. The van der Waals surface area contributed by atoms with Crippen LogP contribution in [0.3, 0.4) is 0 Å². The van der Waals surface area contributed by atoms with E-state index in [9.17, 15) is 0 Å². The first kappa shape index (κ1) is 13.7. The van der Waals surface area contributed by atoms with E-state index in [0.29, 0.717) is 6.04 Å². The van der Waals surface area contributed by atoms with Gasteiger partial charge in [0.1, 0.15) is 10.7 Å². The van der Waals surface area contributed by atoms with Crippen molar-refractivity contribution in [2.75, 3.05) is 12.5 Å². The molecular weight excluding hydrogens is 270 g/mol. The summed E-state index contributed by atoms with van der Waals surface area (Å²) in [7, 11) is 2.17. The molecule has 20 heavy (non-hydrogen) atoms. The number of nitrogens with two attached hydrogens (primary N) is 1. The Hall–Kier alpha value is -1.24. The molecule has 0 aromatic carbocycles. The second kappa shape index (κ2) is 6.03. The van der Waals surface area contributed by atoms with E-state index in [4.69, 9.17) is 5.84 Å². The number of rotatable bonds is 4. The maximum absolute atomic E-state index is 5.57. The van der Waals surface area contributed by atoms with Crippen LogP contribution >= 0.6 is 11.3 Å². The molecule has 0 radical (unpaired) electrons. The van der Waals surface area contributed by atoms with Crippen molar-refractivity contribution < 1.29 is 0 Å². The molecule has 0 saturated heterocycles. The average Bonchev–Trinajstić information content (AvgIpc) is 2.95. The zero-order valence-corrected chi connectivity index (χ0v) is 12.6. The van der Waals surface area contributed by atoms with Crippen molar-refractivity contribution in [3.8, 4) is 0 Å². The maximum atomic E-state index is 5.57. The number of fused-ring (bicyclic) bond motifs is 1. The highest BCUT2D eigenvalue weighted by Crippen LogP contribution is 2.26. The second-order valence-electron chi connectivity index (χ2n) is 5.48. The van der Waals surface area contributed by atoms with Crippen molar-refractivity contribution in [1.29, 1.82) is 0 Å². The first-order valence-corrected chi connectivity index (χ1v) is 8.07. The Balaban J connectivity index is 1.79. The standard InChI is InChI=1S/C14H21N5S/c1-19(10-5-3-2-4-6-10)9-12-16-13(18-15)11-7-8-20-14(11)17-12/h7-8,10H,2-6,9,15H2,1H3,(H,16,17,18). The summed E-state index contributed by atoms with van der Waals surface area (Å²) in [6.45, 7) is 0.785. The number of hydrazine groups is 1. The topological polar surface area (TPSA) is 67.1 Å². The van der Waals surface area contributed by atoms with Crippen LogP contribution in [0.25, 0.3) is 10.2 Å². The summed E-state index contributed by atoms with van der Waals surface area (Å²) in [5, 5.41) is 3.02. The molecule has 2 aromatic heterocycles. The number of nitrogens with zero attached hydrogens (tertiary/aromatic N) is 3. The highest BCUT2D eigenvalue weighted by Gasteiger charge is 2.19. The first-order valence-electron chi connectivity index (χ1n) is 7.19. The van der Waals surface area contributed by atoms with Gasteiger partial charge in [0.2, 0.25) is 0 Å². The smallest absolute Gasteiger partial charge is 0.152 e. The minimum Gasteiger partial charge on any atom is -0.308 e. The third-order valence-electron chi connectivity index (χ3n) is 4.10. The normalized spacial score (nSPS) is 16.9. The summed E-state index contributed by atoms with van der Waals surface area (Å²) >= 11 is 1.63. The lowest BCUT2D eigenvalue weighted by Crippen LogP contribution is -2.33. The van der Waals surface area contributed by atoms with E-state index in [0.717, 1.165) is 28.4 Å². The number of hydrogen-bond acceptors (Lipinski definition) is 6. The van der Waals surface area contributed by atoms with Gasteiger partial charge in [-0.25, -0.2) is 15.8 Å². The van der Waals surface area contributed by atoms with Crippen LogP contribution < -0.4 is 11.3 Å². The summed E-state index contributed by atoms with van der Waals surface area (Å²) in [5.74, 6) is 7.14. The lowest BCUT2D eigenvalue weighted by atomic mass is 9.94. The molecule has 0 spiro atoms. The van der Waals surface area contributed by atoms with Gasteiger partial charge in [0.15, 0.2) is 5.82 Å². The molecule has 3 rings (SSSR count). The van der Waals surface area contributed by atoms with Gasteiger partial charge >= 0.3 is 0 Å². The van der Waals surface area contributed by atoms with Crippen LogP contribution in [0, 0.1) is 0 Å². The Kier molecular flexibility index (Phi) is 4.14. The van der Waals surface area contributed by atoms with Crippen molar-refractivity contribution in [3.63, 3.8) is 0 Å². The Labute approximate surface area is 123 Å². The number of nitrogen functional groups attached to an aromatic ring is 1. The number of anilines is 1. The number of hydrogen-bond donors (Lipinski definition) is 2. The van der Waals surface area contributed by atoms with Crippen LogP contribution in [0.2, 0.25) is 0 Å². The van der Waals surface area contributed by atoms with Gasteiger partial charge in [0, 0.05) is 6.04 Å². The van der Waals surface area contributed by atoms with E-state index < -0.39 is 0 Å². The van der Waals surface area contributed by atoms with Crippen LogP contribution in [-0.2, 0) is 6.54 Å². The third-order valence-corrected chi connectivity index (χ3v) is 4.90. The van der Waals surface area contributed by atoms with Crippen LogP contribution in [0.1, 0.15) is 37.9 Å². The molecule has 0 bridgehead atoms. The quantitative estimate of drug-likeness (QED) is 0.670. The minimum absolute atomic E-state index is 0.667. The van der Waals surface area contributed by atoms with E-state index in [1.807, 2.05) is 11.4 Å². The van der Waals surface area contributed by atoms with Gasteiger partial charge in [-0.15, -0.1) is 11.3 Å². The van der Waals surface area contributed by atoms with E-state index in [1.54, 1.807) is 11.3 Å². The van der Waals surface area contributed by atoms with Gasteiger partial charge in [-0.1, -0.05) is 19.3 Å². The molecule has 0 amide bonds. The molecule has 1 aliphatic carbocycles. The van der Waals surface area contributed by atoms with Gasteiger partial charge in [-0.2, -0.15) is 0 Å². The van der Waals surface area contributed by atoms with Crippen LogP contribution in [-0.4, -0.2) is 28.0 Å². The van der Waals surface area contributed by atoms with Crippen LogP contribution in [0.5, 0.6) is 0 Å². The summed E-state index contributed by atoms with van der Waals surface area (Å²) in [5.41, 5.74) is 2.69. The van der Waals surface area contributed by atoms with Gasteiger partial charge in [-0.3, -0.25) is 4.90 Å². The maximum Gasteiger partial charge on any atom is 0.152 e. The molecule has 5 nitrogen and oxygen atoms in total. The zero-order valence-electron chi connectivity index (χ0n) is 11.8. The van der Waals surface area contributed by atoms with Gasteiger partial charge in [-0.05, 0) is 31.3 Å². The molecule has 0 aliphatic heterocycles. The van der Waals surface area contributed by atoms with Gasteiger partial charge in [0.05, 0.1) is 11.9 Å². The predicted octanol–water partition coefficient (Wildman–Crippen LogP) is 2.74. The molecule has 0 unspecified atom stereocenters. The molecule has 3 N–H and O–H groups in total. The summed E-state index contributed by atoms with van der Waals surface area (Å²) in [6, 6.07) is 2.67. The van der Waals surface area contributed by atoms with Crippen molar-refractivity contribution in [3.05, 3.63) is 17.3 Å². The fourth-order valence-corrected chi connectivity index (χ4v) is 3.74. The van der Waals surface area contributed by atoms with Crippen molar-refractivity contribution in [2.24, 2.45) is 5.84 Å². The molecule has 108 valence electrons. The molecule has 1 aliphatic rings. The summed E-state index contributed by atoms with van der Waals surface area (Å²) < 4.78 is 0. The first-order chi connectivity index (χ1) is 9.78. The average molecular weight is 291 g/mol. The minimum atomic E-state index is 0.667. The Morgan fingerprint density at radius 1 is 1.35 bits per heavy atom. The molecule has 2 heterocycles. The third kappa shape index (κ3) is 2.77. The number of thiophene rings is 1. The molecule has 1 fully saturated rings. The molecular formula is C14H21N5S. The fourth-order valence-electron chi connectivity index (χ4n) is 2.95. The van der Waals surface area contributed by atoms with Crippen LogP contribution in [0.4, 0.5) is 5.82 Å². The lowest BCUT2D eigenvalue weighted by Gasteiger charge is -2.30. The van der Waals surface area contributed by atoms with E-state index in [1.165, 1.54) is 32.1 Å². The molecule has 0 atom stereocenters. The molecule has 2 aromatic rings. The Morgan fingerprint density at radius 2 is 2.15 bits per heavy atom. The highest BCUT2D eigenvalue weighted by molar-refractivity contribution is 7.16. The molecule has 1 saturated carbocycles. The second-order valence-corrected chi connectivity index (χ2v) is 6.37. The highest BCUT2D eigenvalue weighted by atomic mass is 32.1. The van der Waals surface area contributed by atoms with E-state index >= 15 is 0 Å².